The molecule has 0 saturated carbocycles. The molecule has 0 radical (unpaired) electrons. The molecule has 3 aromatic rings. The fourth-order valence-corrected chi connectivity index (χ4v) is 3.93. The Morgan fingerprint density at radius 1 is 1.20 bits per heavy atom. The quantitative estimate of drug-likeness (QED) is 0.628. The van der Waals surface area contributed by atoms with Crippen LogP contribution in [0.4, 0.5) is 15.2 Å². The number of carbonyl (C=O) groups excluding carboxylic acids is 2. The Hall–Kier alpha value is -3.30. The maximum absolute atomic E-state index is 13.2. The molecule has 1 atom stereocenters. The SMILES string of the molecule is NC(=O)C1CC(C(=O)Nc2nc(-c3ccccc3Cl)cs2)=NN1c1ccc(F)cc1. The number of aromatic nitrogens is 1. The van der Waals surface area contributed by atoms with Crippen LogP contribution in [0.2, 0.25) is 5.02 Å². The van der Waals surface area contributed by atoms with E-state index >= 15 is 0 Å². The lowest BCUT2D eigenvalue weighted by Crippen LogP contribution is -2.39. The van der Waals surface area contributed by atoms with Crippen LogP contribution < -0.4 is 16.1 Å². The van der Waals surface area contributed by atoms with Gasteiger partial charge in [0.25, 0.3) is 5.91 Å². The summed E-state index contributed by atoms with van der Waals surface area (Å²) in [6.45, 7) is 0. The molecule has 1 unspecified atom stereocenters. The van der Waals surface area contributed by atoms with E-state index < -0.39 is 23.7 Å². The average molecular weight is 444 g/mol. The Morgan fingerprint density at radius 3 is 2.63 bits per heavy atom. The van der Waals surface area contributed by atoms with E-state index in [0.717, 1.165) is 5.56 Å². The van der Waals surface area contributed by atoms with Crippen LogP contribution in [0.5, 0.6) is 0 Å². The van der Waals surface area contributed by atoms with Crippen LogP contribution in [0, 0.1) is 5.82 Å². The number of rotatable bonds is 5. The highest BCUT2D eigenvalue weighted by atomic mass is 35.5. The number of hydrogen-bond acceptors (Lipinski definition) is 6. The Kier molecular flexibility index (Phi) is 5.47. The van der Waals surface area contributed by atoms with Crippen LogP contribution in [0.3, 0.4) is 0 Å². The summed E-state index contributed by atoms with van der Waals surface area (Å²) in [6, 6.07) is 11.8. The van der Waals surface area contributed by atoms with Crippen LogP contribution in [-0.4, -0.2) is 28.6 Å². The third-order valence-electron chi connectivity index (χ3n) is 4.47. The second-order valence-electron chi connectivity index (χ2n) is 6.46. The molecule has 0 spiro atoms. The van der Waals surface area contributed by atoms with Crippen LogP contribution >= 0.6 is 22.9 Å². The highest BCUT2D eigenvalue weighted by Gasteiger charge is 2.35. The van der Waals surface area contributed by atoms with Crippen molar-refractivity contribution in [3.63, 3.8) is 0 Å². The van der Waals surface area contributed by atoms with E-state index in [1.165, 1.54) is 40.6 Å². The van der Waals surface area contributed by atoms with Gasteiger partial charge in [0.15, 0.2) is 5.13 Å². The molecule has 3 N–H and O–H groups in total. The molecule has 0 fully saturated rings. The summed E-state index contributed by atoms with van der Waals surface area (Å²) >= 11 is 7.43. The zero-order valence-electron chi connectivity index (χ0n) is 15.4. The van der Waals surface area contributed by atoms with E-state index in [1.807, 2.05) is 18.2 Å². The molecule has 0 aliphatic carbocycles. The number of nitrogens with one attached hydrogen (secondary N) is 1. The standard InChI is InChI=1S/C20H15ClFN5O2S/c21-14-4-2-1-3-13(14)16-10-30-20(24-16)25-19(29)15-9-17(18(23)28)27(26-15)12-7-5-11(22)6-8-12/h1-8,10,17H,9H2,(H2,23,28)(H,24,25,29). The summed E-state index contributed by atoms with van der Waals surface area (Å²) in [5, 5.41) is 11.0. The summed E-state index contributed by atoms with van der Waals surface area (Å²) in [5.41, 5.74) is 7.44. The summed E-state index contributed by atoms with van der Waals surface area (Å²) < 4.78 is 13.2. The van der Waals surface area contributed by atoms with E-state index in [1.54, 1.807) is 11.4 Å². The van der Waals surface area contributed by atoms with Crippen molar-refractivity contribution >= 4 is 51.3 Å². The highest BCUT2D eigenvalue weighted by Crippen LogP contribution is 2.31. The summed E-state index contributed by atoms with van der Waals surface area (Å²) in [4.78, 5) is 28.9. The largest absolute Gasteiger partial charge is 0.368 e. The zero-order chi connectivity index (χ0) is 21.3. The molecule has 10 heteroatoms. The number of benzene rings is 2. The first-order chi connectivity index (χ1) is 14.4. The molecule has 30 heavy (non-hydrogen) atoms. The van der Waals surface area contributed by atoms with Gasteiger partial charge in [-0.25, -0.2) is 9.37 Å². The van der Waals surface area contributed by atoms with Gasteiger partial charge in [-0.05, 0) is 30.3 Å². The van der Waals surface area contributed by atoms with Gasteiger partial charge in [0.05, 0.1) is 11.4 Å². The summed E-state index contributed by atoms with van der Waals surface area (Å²) in [5.74, 6) is -1.55. The minimum absolute atomic E-state index is 0.0291. The monoisotopic (exact) mass is 443 g/mol. The van der Waals surface area contributed by atoms with Gasteiger partial charge in [0, 0.05) is 22.4 Å². The van der Waals surface area contributed by atoms with Crippen LogP contribution in [-0.2, 0) is 9.59 Å². The lowest BCUT2D eigenvalue weighted by molar-refractivity contribution is -0.119. The summed E-state index contributed by atoms with van der Waals surface area (Å²) in [6.07, 6.45) is 0.0291. The molecule has 0 saturated heterocycles. The third kappa shape index (κ3) is 4.03. The van der Waals surface area contributed by atoms with Crippen LogP contribution in [0.1, 0.15) is 6.42 Å². The zero-order valence-corrected chi connectivity index (χ0v) is 17.0. The molecule has 152 valence electrons. The Morgan fingerprint density at radius 2 is 1.93 bits per heavy atom. The van der Waals surface area contributed by atoms with Crippen molar-refractivity contribution in [3.05, 3.63) is 64.8 Å². The van der Waals surface area contributed by atoms with Crippen molar-refractivity contribution in [2.45, 2.75) is 12.5 Å². The molecule has 4 rings (SSSR count). The number of amides is 2. The van der Waals surface area contributed by atoms with E-state index in [-0.39, 0.29) is 12.1 Å². The van der Waals surface area contributed by atoms with Crippen molar-refractivity contribution in [3.8, 4) is 11.3 Å². The predicted molar refractivity (Wildman–Crippen MR) is 115 cm³/mol. The Labute approximate surface area is 180 Å². The molecular formula is C20H15ClFN5O2S. The highest BCUT2D eigenvalue weighted by molar-refractivity contribution is 7.14. The van der Waals surface area contributed by atoms with Crippen molar-refractivity contribution in [2.75, 3.05) is 10.3 Å². The first-order valence-electron chi connectivity index (χ1n) is 8.86. The lowest BCUT2D eigenvalue weighted by Gasteiger charge is -2.20. The minimum atomic E-state index is -0.841. The lowest BCUT2D eigenvalue weighted by atomic mass is 10.1. The van der Waals surface area contributed by atoms with Gasteiger partial charge in [-0.1, -0.05) is 29.8 Å². The predicted octanol–water partition coefficient (Wildman–Crippen LogP) is 3.66. The van der Waals surface area contributed by atoms with Crippen molar-refractivity contribution in [1.29, 1.82) is 0 Å². The van der Waals surface area contributed by atoms with E-state index in [2.05, 4.69) is 15.4 Å². The normalized spacial score (nSPS) is 15.7. The van der Waals surface area contributed by atoms with E-state index in [0.29, 0.717) is 21.5 Å². The number of nitrogens with zero attached hydrogens (tertiary/aromatic N) is 3. The third-order valence-corrected chi connectivity index (χ3v) is 5.55. The Bertz CT molecular complexity index is 1150. The maximum atomic E-state index is 13.2. The first-order valence-corrected chi connectivity index (χ1v) is 10.1. The van der Waals surface area contributed by atoms with Gasteiger partial charge in [-0.15, -0.1) is 11.3 Å². The van der Waals surface area contributed by atoms with E-state index in [9.17, 15) is 14.0 Å². The smallest absolute Gasteiger partial charge is 0.273 e. The first kappa shape index (κ1) is 20.0. The fourth-order valence-electron chi connectivity index (χ4n) is 2.99. The van der Waals surface area contributed by atoms with Gasteiger partial charge >= 0.3 is 0 Å². The van der Waals surface area contributed by atoms with Gasteiger partial charge < -0.3 is 5.73 Å². The second kappa shape index (κ2) is 8.21. The number of anilines is 2. The molecule has 2 amide bonds. The van der Waals surface area contributed by atoms with Crippen molar-refractivity contribution in [1.82, 2.24) is 4.98 Å². The molecule has 2 heterocycles. The number of hydrogen-bond donors (Lipinski definition) is 2. The number of carbonyl (C=O) groups is 2. The number of thiazole rings is 1. The Balaban J connectivity index is 1.53. The van der Waals surface area contributed by atoms with Crippen LogP contribution in [0.25, 0.3) is 11.3 Å². The fraction of sp³-hybridized carbons (Fsp3) is 0.100. The number of hydrazone groups is 1. The van der Waals surface area contributed by atoms with Gasteiger partial charge in [-0.2, -0.15) is 5.10 Å². The molecule has 2 aromatic carbocycles. The molecule has 1 aliphatic rings. The van der Waals surface area contributed by atoms with E-state index in [4.69, 9.17) is 17.3 Å². The van der Waals surface area contributed by atoms with Crippen molar-refractivity contribution < 1.29 is 14.0 Å². The van der Waals surface area contributed by atoms with Gasteiger partial charge in [0.1, 0.15) is 17.6 Å². The topological polar surface area (TPSA) is 101 Å². The van der Waals surface area contributed by atoms with Crippen molar-refractivity contribution in [2.24, 2.45) is 10.8 Å². The van der Waals surface area contributed by atoms with Gasteiger partial charge in [0.2, 0.25) is 5.91 Å². The average Bonchev–Trinajstić information content (AvgIpc) is 3.36. The van der Waals surface area contributed by atoms with Gasteiger partial charge in [-0.3, -0.25) is 19.9 Å². The maximum Gasteiger partial charge on any atom is 0.273 e. The van der Waals surface area contributed by atoms with Crippen LogP contribution in [0.15, 0.2) is 59.0 Å². The molecule has 1 aliphatic heterocycles. The molecule has 0 bridgehead atoms. The minimum Gasteiger partial charge on any atom is -0.368 e. The molecular weight excluding hydrogens is 429 g/mol. The molecule has 1 aromatic heterocycles. The number of primary amides is 1. The second-order valence-corrected chi connectivity index (χ2v) is 7.73. The number of nitrogens with two attached hydrogens (primary N) is 1. The number of halogens is 2. The molecule has 7 nitrogen and oxygen atoms in total. The summed E-state index contributed by atoms with van der Waals surface area (Å²) in [7, 11) is 0.